The molecule has 0 amide bonds. The van der Waals surface area contributed by atoms with Gasteiger partial charge >= 0.3 is 0 Å². The molecule has 0 unspecified atom stereocenters. The molecule has 7 heteroatoms. The molecule has 0 aliphatic heterocycles. The molecule has 0 spiro atoms. The maximum atomic E-state index is 11.0. The van der Waals surface area contributed by atoms with Crippen LogP contribution in [0.4, 0.5) is 5.69 Å². The fourth-order valence-corrected chi connectivity index (χ4v) is 1.79. The summed E-state index contributed by atoms with van der Waals surface area (Å²) >= 11 is 5.56. The highest BCUT2D eigenvalue weighted by atomic mass is 35.5. The number of carbonyl (C=O) groups excluding carboxylic acids is 1. The smallest absolute Gasteiger partial charge is 0.225 e. The van der Waals surface area contributed by atoms with E-state index >= 15 is 0 Å². The Morgan fingerprint density at radius 2 is 2.07 bits per heavy atom. The van der Waals surface area contributed by atoms with E-state index in [9.17, 15) is 13.2 Å². The van der Waals surface area contributed by atoms with Gasteiger partial charge in [0.2, 0.25) is 16.1 Å². The summed E-state index contributed by atoms with van der Waals surface area (Å²) in [6, 6.07) is 3.78. The summed E-state index contributed by atoms with van der Waals surface area (Å²) in [4.78, 5) is 12.9. The Morgan fingerprint density at radius 1 is 1.43 bits per heavy atom. The standard InChI is InChI=1S/C7H5ClN2O3S/c8-5-1-2-6(10-4-11)7(3-5)14(9,12)13/h1-3H,(H2,9,12,13). The van der Waals surface area contributed by atoms with Crippen LogP contribution in [0.5, 0.6) is 0 Å². The Kier molecular flexibility index (Phi) is 3.03. The number of nitrogens with two attached hydrogens (primary N) is 1. The molecule has 1 rings (SSSR count). The van der Waals surface area contributed by atoms with Crippen LogP contribution in [-0.4, -0.2) is 14.5 Å². The van der Waals surface area contributed by atoms with Crippen molar-refractivity contribution in [2.75, 3.05) is 0 Å². The van der Waals surface area contributed by atoms with Crippen LogP contribution >= 0.6 is 11.6 Å². The lowest BCUT2D eigenvalue weighted by atomic mass is 10.3. The van der Waals surface area contributed by atoms with Gasteiger partial charge in [0.05, 0.1) is 5.69 Å². The normalized spacial score (nSPS) is 10.7. The van der Waals surface area contributed by atoms with Crippen LogP contribution in [0.3, 0.4) is 0 Å². The van der Waals surface area contributed by atoms with Gasteiger partial charge in [0.1, 0.15) is 4.90 Å². The van der Waals surface area contributed by atoms with Crippen molar-refractivity contribution < 1.29 is 13.2 Å². The molecule has 0 atom stereocenters. The minimum atomic E-state index is -3.94. The van der Waals surface area contributed by atoms with Gasteiger partial charge in [0, 0.05) is 5.02 Å². The Morgan fingerprint density at radius 3 is 2.57 bits per heavy atom. The first kappa shape index (κ1) is 10.9. The first-order chi connectivity index (χ1) is 6.45. The van der Waals surface area contributed by atoms with Crippen LogP contribution in [0.25, 0.3) is 0 Å². The van der Waals surface area contributed by atoms with Gasteiger partial charge in [0.25, 0.3) is 0 Å². The molecule has 5 nitrogen and oxygen atoms in total. The van der Waals surface area contributed by atoms with E-state index in [4.69, 9.17) is 16.7 Å². The van der Waals surface area contributed by atoms with Crippen molar-refractivity contribution >= 4 is 33.4 Å². The fraction of sp³-hybridized carbons (Fsp3) is 0. The number of primary sulfonamides is 1. The molecule has 0 aromatic heterocycles. The topological polar surface area (TPSA) is 89.6 Å². The predicted molar refractivity (Wildman–Crippen MR) is 50.6 cm³/mol. The molecule has 0 radical (unpaired) electrons. The van der Waals surface area contributed by atoms with Gasteiger partial charge in [0.15, 0.2) is 0 Å². The fourth-order valence-electron chi connectivity index (χ4n) is 0.857. The van der Waals surface area contributed by atoms with Crippen molar-refractivity contribution in [2.24, 2.45) is 10.1 Å². The van der Waals surface area contributed by atoms with Gasteiger partial charge in [-0.05, 0) is 18.2 Å². The molecule has 14 heavy (non-hydrogen) atoms. The first-order valence-corrected chi connectivity index (χ1v) is 5.28. The molecule has 0 saturated heterocycles. The molecule has 0 fully saturated rings. The van der Waals surface area contributed by atoms with Crippen molar-refractivity contribution in [3.8, 4) is 0 Å². The minimum Gasteiger partial charge on any atom is -0.225 e. The Balaban J connectivity index is 3.53. The molecule has 0 saturated carbocycles. The van der Waals surface area contributed by atoms with Crippen LogP contribution in [0.15, 0.2) is 28.1 Å². The van der Waals surface area contributed by atoms with Crippen LogP contribution in [0.1, 0.15) is 0 Å². The van der Waals surface area contributed by atoms with Crippen LogP contribution in [0.2, 0.25) is 5.02 Å². The number of aliphatic imine (C=N–C) groups is 1. The Hall–Kier alpha value is -1.20. The largest absolute Gasteiger partial charge is 0.240 e. The number of sulfonamides is 1. The summed E-state index contributed by atoms with van der Waals surface area (Å²) in [6.45, 7) is 0. The molecule has 1 aromatic rings. The van der Waals surface area contributed by atoms with Crippen molar-refractivity contribution in [1.82, 2.24) is 0 Å². The zero-order chi connectivity index (χ0) is 10.8. The second-order valence-electron chi connectivity index (χ2n) is 2.36. The van der Waals surface area contributed by atoms with E-state index in [1.54, 1.807) is 0 Å². The summed E-state index contributed by atoms with van der Waals surface area (Å²) < 4.78 is 22.0. The summed E-state index contributed by atoms with van der Waals surface area (Å²) in [5.74, 6) is 0. The predicted octanol–water partition coefficient (Wildman–Crippen LogP) is 0.955. The number of halogens is 1. The number of hydrogen-bond acceptors (Lipinski definition) is 4. The second kappa shape index (κ2) is 3.89. The summed E-state index contributed by atoms with van der Waals surface area (Å²) in [5, 5.41) is 5.07. The number of rotatable bonds is 2. The average molecular weight is 233 g/mol. The van der Waals surface area contributed by atoms with Crippen LogP contribution < -0.4 is 5.14 Å². The third kappa shape index (κ3) is 2.40. The van der Waals surface area contributed by atoms with Gasteiger partial charge < -0.3 is 0 Å². The van der Waals surface area contributed by atoms with E-state index in [1.807, 2.05) is 0 Å². The van der Waals surface area contributed by atoms with Crippen molar-refractivity contribution in [2.45, 2.75) is 4.90 Å². The molecule has 0 heterocycles. The first-order valence-electron chi connectivity index (χ1n) is 3.35. The molecule has 0 bridgehead atoms. The highest BCUT2D eigenvalue weighted by Gasteiger charge is 2.13. The molecule has 0 aliphatic rings. The highest BCUT2D eigenvalue weighted by Crippen LogP contribution is 2.25. The quantitative estimate of drug-likeness (QED) is 0.608. The van der Waals surface area contributed by atoms with Gasteiger partial charge in [-0.1, -0.05) is 11.6 Å². The molecule has 1 aromatic carbocycles. The average Bonchev–Trinajstić information content (AvgIpc) is 2.07. The Labute approximate surface area is 85.3 Å². The molecule has 0 aliphatic carbocycles. The number of hydrogen-bond donors (Lipinski definition) is 1. The SMILES string of the molecule is NS(=O)(=O)c1cc(Cl)ccc1N=C=O. The summed E-state index contributed by atoms with van der Waals surface area (Å²) in [7, 11) is -3.94. The van der Waals surface area contributed by atoms with E-state index in [1.165, 1.54) is 18.2 Å². The number of isocyanates is 1. The van der Waals surface area contributed by atoms with Gasteiger partial charge in [-0.15, -0.1) is 0 Å². The minimum absolute atomic E-state index is 0.0769. The van der Waals surface area contributed by atoms with Crippen molar-refractivity contribution in [3.63, 3.8) is 0 Å². The maximum absolute atomic E-state index is 11.0. The van der Waals surface area contributed by atoms with E-state index in [0.717, 1.165) is 6.07 Å². The van der Waals surface area contributed by atoms with Gasteiger partial charge in [-0.2, -0.15) is 4.99 Å². The molecule has 74 valence electrons. The maximum Gasteiger partial charge on any atom is 0.240 e. The third-order valence-corrected chi connectivity index (χ3v) is 2.57. The number of benzene rings is 1. The third-order valence-electron chi connectivity index (χ3n) is 1.39. The van der Waals surface area contributed by atoms with Gasteiger partial charge in [-0.3, -0.25) is 0 Å². The lowest BCUT2D eigenvalue weighted by molar-refractivity contribution is 0.565. The second-order valence-corrected chi connectivity index (χ2v) is 4.33. The molecular formula is C7H5ClN2O3S. The van der Waals surface area contributed by atoms with E-state index in [0.29, 0.717) is 0 Å². The monoisotopic (exact) mass is 232 g/mol. The van der Waals surface area contributed by atoms with E-state index < -0.39 is 10.0 Å². The summed E-state index contributed by atoms with van der Waals surface area (Å²) in [6.07, 6.45) is 1.23. The Bertz CT molecular complexity index is 506. The van der Waals surface area contributed by atoms with Gasteiger partial charge in [-0.25, -0.2) is 18.4 Å². The van der Waals surface area contributed by atoms with Crippen molar-refractivity contribution in [1.29, 1.82) is 0 Å². The lowest BCUT2D eigenvalue weighted by Gasteiger charge is -2.01. The molecular weight excluding hydrogens is 228 g/mol. The van der Waals surface area contributed by atoms with E-state index in [-0.39, 0.29) is 15.6 Å². The number of nitrogens with zero attached hydrogens (tertiary/aromatic N) is 1. The highest BCUT2D eigenvalue weighted by molar-refractivity contribution is 7.89. The van der Waals surface area contributed by atoms with Crippen molar-refractivity contribution in [3.05, 3.63) is 23.2 Å². The summed E-state index contributed by atoms with van der Waals surface area (Å²) in [5.41, 5.74) is -0.0769. The zero-order valence-corrected chi connectivity index (χ0v) is 8.34. The van der Waals surface area contributed by atoms with E-state index in [2.05, 4.69) is 4.99 Å². The van der Waals surface area contributed by atoms with Crippen LogP contribution in [-0.2, 0) is 14.8 Å². The lowest BCUT2D eigenvalue weighted by Crippen LogP contribution is -2.12. The molecule has 2 N–H and O–H groups in total. The zero-order valence-electron chi connectivity index (χ0n) is 6.77. The van der Waals surface area contributed by atoms with Crippen LogP contribution in [0, 0.1) is 0 Å².